The molecular weight excluding hydrogens is 407 g/mol. The molecule has 0 saturated carbocycles. The molecule has 0 fully saturated rings. The average molecular weight is 426 g/mol. The van der Waals surface area contributed by atoms with E-state index >= 15 is 0 Å². The molecule has 154 valence electrons. The second-order valence-corrected chi connectivity index (χ2v) is 7.71. The molecule has 10 heteroatoms. The first kappa shape index (κ1) is 20.0. The van der Waals surface area contributed by atoms with Crippen molar-refractivity contribution >= 4 is 34.2 Å². The van der Waals surface area contributed by atoms with Gasteiger partial charge in [-0.25, -0.2) is 9.37 Å². The van der Waals surface area contributed by atoms with E-state index in [4.69, 9.17) is 0 Å². The number of nitrogens with zero attached hydrogens (tertiary/aromatic N) is 5. The van der Waals surface area contributed by atoms with Gasteiger partial charge in [0, 0.05) is 6.20 Å². The van der Waals surface area contributed by atoms with Gasteiger partial charge in [-0.1, -0.05) is 6.07 Å². The number of carbonyl (C=O) groups excluding carboxylic acids is 1. The van der Waals surface area contributed by atoms with Crippen LogP contribution in [0.2, 0.25) is 0 Å². The first-order valence-electron chi connectivity index (χ1n) is 9.29. The second kappa shape index (κ2) is 8.62. The summed E-state index contributed by atoms with van der Waals surface area (Å²) in [4.78, 5) is 29.5. The van der Waals surface area contributed by atoms with Crippen LogP contribution in [0.1, 0.15) is 18.3 Å². The Bertz CT molecular complexity index is 1270. The molecule has 3 aromatic heterocycles. The van der Waals surface area contributed by atoms with E-state index in [1.165, 1.54) is 23.0 Å². The summed E-state index contributed by atoms with van der Waals surface area (Å²) in [6.07, 6.45) is 5.78. The number of amides is 1. The summed E-state index contributed by atoms with van der Waals surface area (Å²) in [6, 6.07) is 9.00. The van der Waals surface area contributed by atoms with Crippen molar-refractivity contribution in [2.75, 3.05) is 12.0 Å². The lowest BCUT2D eigenvalue weighted by Crippen LogP contribution is -2.35. The molecule has 0 aliphatic heterocycles. The normalized spacial score (nSPS) is 12.3. The molecule has 30 heavy (non-hydrogen) atoms. The minimum absolute atomic E-state index is 0.132. The Kier molecular flexibility index (Phi) is 5.75. The van der Waals surface area contributed by atoms with Gasteiger partial charge in [0.1, 0.15) is 12.4 Å². The van der Waals surface area contributed by atoms with E-state index in [1.54, 1.807) is 11.8 Å². The van der Waals surface area contributed by atoms with Crippen molar-refractivity contribution in [3.8, 4) is 0 Å². The molecule has 4 aromatic rings. The quantitative estimate of drug-likeness (QED) is 0.487. The first-order chi connectivity index (χ1) is 14.6. The fraction of sp³-hybridized carbons (Fsp3) is 0.250. The van der Waals surface area contributed by atoms with Crippen LogP contribution < -0.4 is 10.9 Å². The summed E-state index contributed by atoms with van der Waals surface area (Å²) >= 11 is 1.66. The lowest BCUT2D eigenvalue weighted by atomic mass is 10.2. The van der Waals surface area contributed by atoms with Crippen LogP contribution in [-0.4, -0.2) is 42.1 Å². The molecule has 1 aromatic carbocycles. The number of rotatable bonds is 7. The van der Waals surface area contributed by atoms with Crippen LogP contribution in [0.15, 0.2) is 53.7 Å². The number of hydrogen-bond acceptors (Lipinski definition) is 6. The average Bonchev–Trinajstić information content (AvgIpc) is 3.17. The van der Waals surface area contributed by atoms with Gasteiger partial charge in [-0.05, 0) is 48.8 Å². The SMILES string of the molecule is CSCCC(NC(=O)Cn1cnc2ccc(F)cc2c1=O)c1nnc2ccccn12. The predicted octanol–water partition coefficient (Wildman–Crippen LogP) is 2.19. The standard InChI is InChI=1S/C20H19FN6O2S/c1-30-9-7-16(19-25-24-17-4-2-3-8-27(17)19)23-18(28)11-26-12-22-15-6-5-13(21)10-14(15)20(26)29/h2-6,8,10,12,16H,7,9,11H2,1H3,(H,23,28). The Morgan fingerprint density at radius 2 is 2.13 bits per heavy atom. The van der Waals surface area contributed by atoms with Gasteiger partial charge in [-0.15, -0.1) is 10.2 Å². The zero-order chi connectivity index (χ0) is 21.1. The molecule has 1 amide bonds. The van der Waals surface area contributed by atoms with Crippen molar-refractivity contribution in [1.82, 2.24) is 29.5 Å². The molecule has 0 spiro atoms. The molecule has 0 bridgehead atoms. The molecule has 1 unspecified atom stereocenters. The molecule has 0 aliphatic carbocycles. The predicted molar refractivity (Wildman–Crippen MR) is 113 cm³/mol. The van der Waals surface area contributed by atoms with Crippen molar-refractivity contribution in [2.45, 2.75) is 19.0 Å². The monoisotopic (exact) mass is 426 g/mol. The Balaban J connectivity index is 1.58. The van der Waals surface area contributed by atoms with Crippen LogP contribution in [0.5, 0.6) is 0 Å². The summed E-state index contributed by atoms with van der Waals surface area (Å²) in [5, 5.41) is 11.5. The maximum absolute atomic E-state index is 13.5. The molecule has 4 rings (SSSR count). The third-order valence-corrected chi connectivity index (χ3v) is 5.34. The molecule has 8 nitrogen and oxygen atoms in total. The van der Waals surface area contributed by atoms with Crippen molar-refractivity contribution in [3.63, 3.8) is 0 Å². The van der Waals surface area contributed by atoms with E-state index < -0.39 is 11.4 Å². The topological polar surface area (TPSA) is 94.2 Å². The van der Waals surface area contributed by atoms with Crippen molar-refractivity contribution < 1.29 is 9.18 Å². The van der Waals surface area contributed by atoms with Crippen molar-refractivity contribution in [2.24, 2.45) is 0 Å². The first-order valence-corrected chi connectivity index (χ1v) is 10.7. The number of hydrogen-bond donors (Lipinski definition) is 1. The van der Waals surface area contributed by atoms with Gasteiger partial charge in [0.15, 0.2) is 11.5 Å². The van der Waals surface area contributed by atoms with Crippen LogP contribution in [0, 0.1) is 5.82 Å². The van der Waals surface area contributed by atoms with E-state index in [2.05, 4.69) is 20.5 Å². The smallest absolute Gasteiger partial charge is 0.261 e. The van der Waals surface area contributed by atoms with E-state index in [0.29, 0.717) is 23.4 Å². The van der Waals surface area contributed by atoms with Gasteiger partial charge in [0.25, 0.3) is 5.56 Å². The third kappa shape index (κ3) is 4.04. The molecule has 1 N–H and O–H groups in total. The van der Waals surface area contributed by atoms with Gasteiger partial charge >= 0.3 is 0 Å². The number of halogens is 1. The van der Waals surface area contributed by atoms with Crippen LogP contribution >= 0.6 is 11.8 Å². The minimum atomic E-state index is -0.528. The van der Waals surface area contributed by atoms with E-state index in [-0.39, 0.29) is 23.9 Å². The lowest BCUT2D eigenvalue weighted by Gasteiger charge is -2.17. The minimum Gasteiger partial charge on any atom is -0.344 e. The second-order valence-electron chi connectivity index (χ2n) is 6.73. The van der Waals surface area contributed by atoms with Gasteiger partial charge in [-0.2, -0.15) is 11.8 Å². The van der Waals surface area contributed by atoms with E-state index in [0.717, 1.165) is 11.8 Å². The highest BCUT2D eigenvalue weighted by molar-refractivity contribution is 7.98. The number of benzene rings is 1. The van der Waals surface area contributed by atoms with Crippen LogP contribution in [0.3, 0.4) is 0 Å². The Morgan fingerprint density at radius 1 is 1.27 bits per heavy atom. The zero-order valence-electron chi connectivity index (χ0n) is 16.2. The van der Waals surface area contributed by atoms with Gasteiger partial charge in [-0.3, -0.25) is 18.6 Å². The molecule has 0 aliphatic rings. The largest absolute Gasteiger partial charge is 0.344 e. The van der Waals surface area contributed by atoms with Crippen LogP contribution in [-0.2, 0) is 11.3 Å². The number of fused-ring (bicyclic) bond motifs is 2. The summed E-state index contributed by atoms with van der Waals surface area (Å²) < 4.78 is 16.5. The number of carbonyl (C=O) groups is 1. The molecular formula is C20H19FN6O2S. The highest BCUT2D eigenvalue weighted by Gasteiger charge is 2.20. The molecule has 0 saturated heterocycles. The number of thioether (sulfide) groups is 1. The van der Waals surface area contributed by atoms with Gasteiger partial charge in [0.2, 0.25) is 5.91 Å². The Hall–Kier alpha value is -3.27. The highest BCUT2D eigenvalue weighted by Crippen LogP contribution is 2.18. The zero-order valence-corrected chi connectivity index (χ0v) is 17.0. The molecule has 3 heterocycles. The summed E-state index contributed by atoms with van der Waals surface area (Å²) in [7, 11) is 0. The fourth-order valence-electron chi connectivity index (χ4n) is 3.24. The van der Waals surface area contributed by atoms with Crippen LogP contribution in [0.4, 0.5) is 4.39 Å². The van der Waals surface area contributed by atoms with Crippen molar-refractivity contribution in [3.05, 3.63) is 70.9 Å². The maximum atomic E-state index is 13.5. The summed E-state index contributed by atoms with van der Waals surface area (Å²) in [5.74, 6) is 0.538. The number of nitrogens with one attached hydrogen (secondary N) is 1. The highest BCUT2D eigenvalue weighted by atomic mass is 32.2. The lowest BCUT2D eigenvalue weighted by molar-refractivity contribution is -0.122. The van der Waals surface area contributed by atoms with E-state index in [1.807, 2.05) is 35.1 Å². The summed E-state index contributed by atoms with van der Waals surface area (Å²) in [5.41, 5.74) is 0.599. The van der Waals surface area contributed by atoms with Crippen molar-refractivity contribution in [1.29, 1.82) is 0 Å². The summed E-state index contributed by atoms with van der Waals surface area (Å²) in [6.45, 7) is -0.231. The number of aromatic nitrogens is 5. The van der Waals surface area contributed by atoms with E-state index in [9.17, 15) is 14.0 Å². The fourth-order valence-corrected chi connectivity index (χ4v) is 3.71. The van der Waals surface area contributed by atoms with Gasteiger partial charge < -0.3 is 5.32 Å². The molecule has 0 radical (unpaired) electrons. The Morgan fingerprint density at radius 3 is 2.97 bits per heavy atom. The third-order valence-electron chi connectivity index (χ3n) is 4.70. The Labute approximate surface area is 175 Å². The van der Waals surface area contributed by atoms with Crippen LogP contribution in [0.25, 0.3) is 16.6 Å². The maximum Gasteiger partial charge on any atom is 0.261 e. The molecule has 1 atom stereocenters. The number of pyridine rings is 1. The van der Waals surface area contributed by atoms with Gasteiger partial charge in [0.05, 0.1) is 23.3 Å².